The highest BCUT2D eigenvalue weighted by molar-refractivity contribution is 5.71. The first-order chi connectivity index (χ1) is 38.5. The molecule has 0 fully saturated rings. The Bertz CT molecular complexity index is 1570. The first-order valence-corrected chi connectivity index (χ1v) is 32.9. The zero-order valence-corrected chi connectivity index (χ0v) is 51.2. The monoisotopic (exact) mass is 1080 g/mol. The third-order valence-electron chi connectivity index (χ3n) is 14.0. The maximum Gasteiger partial charge on any atom is 0.306 e. The second kappa shape index (κ2) is 65.6. The summed E-state index contributed by atoms with van der Waals surface area (Å²) in [6.07, 6.45) is 89.6. The van der Waals surface area contributed by atoms with Crippen LogP contribution in [0.5, 0.6) is 0 Å². The number of carbonyl (C=O) groups is 3. The highest BCUT2D eigenvalue weighted by Gasteiger charge is 2.19. The molecule has 0 spiro atoms. The summed E-state index contributed by atoms with van der Waals surface area (Å²) in [5.41, 5.74) is 0. The summed E-state index contributed by atoms with van der Waals surface area (Å²) in [6, 6.07) is 0. The van der Waals surface area contributed by atoms with E-state index in [9.17, 15) is 14.4 Å². The Morgan fingerprint density at radius 1 is 0.269 bits per heavy atom. The van der Waals surface area contributed by atoms with E-state index in [-0.39, 0.29) is 37.5 Å². The molecule has 0 rings (SSSR count). The molecule has 0 radical (unpaired) electrons. The van der Waals surface area contributed by atoms with Gasteiger partial charge in [-0.25, -0.2) is 0 Å². The maximum absolute atomic E-state index is 12.9. The van der Waals surface area contributed by atoms with Gasteiger partial charge in [-0.1, -0.05) is 304 Å². The summed E-state index contributed by atoms with van der Waals surface area (Å²) in [6.45, 7) is 6.40. The SMILES string of the molecule is CC/C=C\C/C=C\C/C=C\C/C=C\C/C=C\CCCC(=O)OCC(COC(=O)CCCCCCCCCCCCCC/C=C\C/C=C\C/C=C\C/C=C\CC)OC(=O)CCCCCCCCCCCCCCCCCCCC. The molecule has 0 aliphatic rings. The molecular weight excluding hydrogens is 961 g/mol. The summed E-state index contributed by atoms with van der Waals surface area (Å²) in [7, 11) is 0. The Kier molecular flexibility index (Phi) is 62.3. The molecule has 1 atom stereocenters. The van der Waals surface area contributed by atoms with Crippen LogP contribution < -0.4 is 0 Å². The van der Waals surface area contributed by atoms with Crippen molar-refractivity contribution in [2.75, 3.05) is 13.2 Å². The van der Waals surface area contributed by atoms with Crippen LogP contribution in [0.4, 0.5) is 0 Å². The number of hydrogen-bond acceptors (Lipinski definition) is 6. The van der Waals surface area contributed by atoms with Crippen LogP contribution in [0.15, 0.2) is 109 Å². The molecule has 6 nitrogen and oxygen atoms in total. The first-order valence-electron chi connectivity index (χ1n) is 32.9. The van der Waals surface area contributed by atoms with Crippen LogP contribution in [-0.4, -0.2) is 37.2 Å². The summed E-state index contributed by atoms with van der Waals surface area (Å²) >= 11 is 0. The van der Waals surface area contributed by atoms with Crippen molar-refractivity contribution < 1.29 is 28.6 Å². The lowest BCUT2D eigenvalue weighted by atomic mass is 10.0. The summed E-state index contributed by atoms with van der Waals surface area (Å²) < 4.78 is 16.9. The van der Waals surface area contributed by atoms with Crippen LogP contribution in [0.3, 0.4) is 0 Å². The Hall–Kier alpha value is -3.93. The van der Waals surface area contributed by atoms with Crippen LogP contribution in [0.1, 0.15) is 310 Å². The minimum Gasteiger partial charge on any atom is -0.462 e. The second-order valence-corrected chi connectivity index (χ2v) is 21.6. The normalized spacial score (nSPS) is 12.8. The zero-order valence-electron chi connectivity index (χ0n) is 51.2. The van der Waals surface area contributed by atoms with E-state index in [0.717, 1.165) is 103 Å². The maximum atomic E-state index is 12.9. The van der Waals surface area contributed by atoms with Crippen LogP contribution in [-0.2, 0) is 28.6 Å². The molecule has 0 aromatic heterocycles. The molecule has 0 aliphatic heterocycles. The Morgan fingerprint density at radius 3 is 0.833 bits per heavy atom. The Morgan fingerprint density at radius 2 is 0.513 bits per heavy atom. The van der Waals surface area contributed by atoms with Crippen LogP contribution in [0.2, 0.25) is 0 Å². The molecule has 0 aliphatic carbocycles. The molecule has 1 unspecified atom stereocenters. The standard InChI is InChI=1S/C72H122O6/c1-4-7-10-13-16-19-22-25-28-31-33-34-35-36-37-38-39-42-44-47-50-53-56-59-62-65-71(74)77-68-69(67-76-70(73)64-61-58-55-52-49-46-43-40-30-27-24-21-18-15-12-9-6-3)78-72(75)66-63-60-57-54-51-48-45-41-32-29-26-23-20-17-14-11-8-5-2/h7,9-10,12,16,18-19,21,25,27-28,30,33-34,43,46,52,55,69H,4-6,8,11,13-15,17,20,22-24,26,29,31-32,35-42,44-45,47-51,53-54,56-68H2,1-3H3/b10-7-,12-9-,19-16-,21-18-,28-25-,30-27-,34-33-,46-43-,55-52-. The lowest BCUT2D eigenvalue weighted by Crippen LogP contribution is -2.30. The molecule has 0 N–H and O–H groups in total. The lowest BCUT2D eigenvalue weighted by molar-refractivity contribution is -0.167. The van der Waals surface area contributed by atoms with Crippen LogP contribution in [0, 0.1) is 0 Å². The number of esters is 3. The molecule has 0 saturated heterocycles. The van der Waals surface area contributed by atoms with Crippen molar-refractivity contribution >= 4 is 17.9 Å². The van der Waals surface area contributed by atoms with E-state index in [1.54, 1.807) is 0 Å². The van der Waals surface area contributed by atoms with Gasteiger partial charge >= 0.3 is 17.9 Å². The quantitative estimate of drug-likeness (QED) is 0.0261. The molecule has 0 aromatic carbocycles. The van der Waals surface area contributed by atoms with Crippen molar-refractivity contribution in [3.63, 3.8) is 0 Å². The number of unbranched alkanes of at least 4 members (excludes halogenated alkanes) is 30. The average Bonchev–Trinajstić information content (AvgIpc) is 3.44. The smallest absolute Gasteiger partial charge is 0.306 e. The second-order valence-electron chi connectivity index (χ2n) is 21.6. The predicted octanol–water partition coefficient (Wildman–Crippen LogP) is 22.6. The van der Waals surface area contributed by atoms with E-state index in [1.807, 2.05) is 0 Å². The Labute approximate surface area is 482 Å². The zero-order chi connectivity index (χ0) is 56.4. The van der Waals surface area contributed by atoms with E-state index >= 15 is 0 Å². The third-order valence-corrected chi connectivity index (χ3v) is 14.0. The highest BCUT2D eigenvalue weighted by Crippen LogP contribution is 2.17. The number of carbonyl (C=O) groups excluding carboxylic acids is 3. The number of ether oxygens (including phenoxy) is 3. The van der Waals surface area contributed by atoms with E-state index in [2.05, 4.69) is 130 Å². The van der Waals surface area contributed by atoms with Gasteiger partial charge in [0.1, 0.15) is 13.2 Å². The van der Waals surface area contributed by atoms with E-state index in [1.165, 1.54) is 161 Å². The van der Waals surface area contributed by atoms with Gasteiger partial charge in [0.15, 0.2) is 6.10 Å². The van der Waals surface area contributed by atoms with Gasteiger partial charge in [0.25, 0.3) is 0 Å². The first kappa shape index (κ1) is 74.1. The van der Waals surface area contributed by atoms with E-state index in [4.69, 9.17) is 14.2 Å². The molecule has 0 amide bonds. The largest absolute Gasteiger partial charge is 0.462 e. The third kappa shape index (κ3) is 62.9. The molecule has 446 valence electrons. The molecule has 0 heterocycles. The van der Waals surface area contributed by atoms with Gasteiger partial charge in [-0.2, -0.15) is 0 Å². The fourth-order valence-electron chi connectivity index (χ4n) is 9.18. The molecule has 6 heteroatoms. The van der Waals surface area contributed by atoms with Crippen molar-refractivity contribution in [1.29, 1.82) is 0 Å². The van der Waals surface area contributed by atoms with Gasteiger partial charge in [0.2, 0.25) is 0 Å². The van der Waals surface area contributed by atoms with Crippen molar-refractivity contribution in [3.8, 4) is 0 Å². The predicted molar refractivity (Wildman–Crippen MR) is 339 cm³/mol. The summed E-state index contributed by atoms with van der Waals surface area (Å²) in [5.74, 6) is -0.945. The lowest BCUT2D eigenvalue weighted by Gasteiger charge is -2.18. The van der Waals surface area contributed by atoms with Crippen molar-refractivity contribution in [2.45, 2.75) is 316 Å². The fraction of sp³-hybridized carbons (Fsp3) is 0.708. The molecule has 0 aromatic rings. The minimum absolute atomic E-state index is 0.0949. The number of rotatable bonds is 59. The molecule has 0 bridgehead atoms. The summed E-state index contributed by atoms with van der Waals surface area (Å²) in [4.78, 5) is 38.4. The van der Waals surface area contributed by atoms with E-state index < -0.39 is 6.10 Å². The van der Waals surface area contributed by atoms with Gasteiger partial charge in [-0.3, -0.25) is 14.4 Å². The van der Waals surface area contributed by atoms with Crippen molar-refractivity contribution in [1.82, 2.24) is 0 Å². The van der Waals surface area contributed by atoms with Gasteiger partial charge < -0.3 is 14.2 Å². The fourth-order valence-corrected chi connectivity index (χ4v) is 9.18. The van der Waals surface area contributed by atoms with Gasteiger partial charge in [-0.05, 0) is 96.3 Å². The van der Waals surface area contributed by atoms with Crippen LogP contribution in [0.25, 0.3) is 0 Å². The molecule has 0 saturated carbocycles. The number of hydrogen-bond donors (Lipinski definition) is 0. The molecule has 78 heavy (non-hydrogen) atoms. The van der Waals surface area contributed by atoms with Crippen molar-refractivity contribution in [3.05, 3.63) is 109 Å². The summed E-state index contributed by atoms with van der Waals surface area (Å²) in [5, 5.41) is 0. The van der Waals surface area contributed by atoms with Crippen molar-refractivity contribution in [2.24, 2.45) is 0 Å². The van der Waals surface area contributed by atoms with Gasteiger partial charge in [-0.15, -0.1) is 0 Å². The molecular formula is C72H122O6. The van der Waals surface area contributed by atoms with Gasteiger partial charge in [0, 0.05) is 19.3 Å². The average molecular weight is 1080 g/mol. The number of allylic oxidation sites excluding steroid dienone is 18. The van der Waals surface area contributed by atoms with Crippen LogP contribution >= 0.6 is 0 Å². The Balaban J connectivity index is 4.39. The van der Waals surface area contributed by atoms with Gasteiger partial charge in [0.05, 0.1) is 0 Å². The van der Waals surface area contributed by atoms with E-state index in [0.29, 0.717) is 19.3 Å². The minimum atomic E-state index is -0.803. The topological polar surface area (TPSA) is 78.9 Å². The highest BCUT2D eigenvalue weighted by atomic mass is 16.6.